The Balaban J connectivity index is 1.44. The van der Waals surface area contributed by atoms with E-state index < -0.39 is 58.0 Å². The second-order valence-electron chi connectivity index (χ2n) is 13.6. The number of primary amides is 1. The number of allylic oxidation sites excluding steroid dienone is 1. The fourth-order valence-electron chi connectivity index (χ4n) is 8.92. The number of carbonyl (C=O) groups is 3. The number of rotatable bonds is 5. The van der Waals surface area contributed by atoms with Crippen molar-refractivity contribution >= 4 is 23.2 Å². The predicted octanol–water partition coefficient (Wildman–Crippen LogP) is 1.81. The van der Waals surface area contributed by atoms with Crippen LogP contribution in [-0.2, 0) is 22.6 Å². The number of nitrogens with two attached hydrogens (primary N) is 1. The van der Waals surface area contributed by atoms with Gasteiger partial charge in [0.05, 0.1) is 11.6 Å². The Bertz CT molecular complexity index is 1470. The minimum Gasteiger partial charge on any atom is -0.510 e. The lowest BCUT2D eigenvalue weighted by atomic mass is 9.58. The number of nitrogens with zero attached hydrogens (tertiary/aromatic N) is 3. The van der Waals surface area contributed by atoms with Crippen LogP contribution in [0, 0.1) is 23.7 Å². The van der Waals surface area contributed by atoms with E-state index in [0.717, 1.165) is 24.3 Å². The van der Waals surface area contributed by atoms with E-state index in [1.54, 1.807) is 25.1 Å². The maximum Gasteiger partial charge on any atom is 0.255 e. The number of phenols is 1. The van der Waals surface area contributed by atoms with E-state index in [1.165, 1.54) is 25.7 Å². The summed E-state index contributed by atoms with van der Waals surface area (Å²) in [5.74, 6) is -5.01. The van der Waals surface area contributed by atoms with Crippen LogP contribution in [0.4, 0.5) is 5.69 Å². The number of anilines is 1. The molecule has 1 aliphatic heterocycles. The zero-order valence-corrected chi connectivity index (χ0v) is 25.3. The highest BCUT2D eigenvalue weighted by molar-refractivity contribution is 6.24. The monoisotopic (exact) mass is 594 g/mol. The highest BCUT2D eigenvalue weighted by atomic mass is 16.3. The van der Waals surface area contributed by atoms with Gasteiger partial charge in [0.1, 0.15) is 22.8 Å². The number of phenolic OH excluding ortho intramolecular Hbond substituents is 1. The molecule has 6 rings (SSSR count). The number of fused-ring (bicyclic) bond motifs is 4. The molecule has 4 aliphatic carbocycles. The highest BCUT2D eigenvalue weighted by Crippen LogP contribution is 2.53. The number of aliphatic hydroxyl groups is 3. The summed E-state index contributed by atoms with van der Waals surface area (Å²) in [6.07, 6.45) is 5.39. The van der Waals surface area contributed by atoms with Crippen molar-refractivity contribution in [3.63, 3.8) is 0 Å². The number of hydrogen-bond donors (Lipinski definition) is 5. The van der Waals surface area contributed by atoms with E-state index in [0.29, 0.717) is 23.9 Å². The molecule has 0 radical (unpaired) electrons. The molecule has 0 bridgehead atoms. The second-order valence-corrected chi connectivity index (χ2v) is 13.6. The average Bonchev–Trinajstić information content (AvgIpc) is 3.32. The Morgan fingerprint density at radius 3 is 2.26 bits per heavy atom. The first-order chi connectivity index (χ1) is 20.3. The van der Waals surface area contributed by atoms with Crippen molar-refractivity contribution in [1.82, 2.24) is 9.80 Å². The lowest BCUT2D eigenvalue weighted by molar-refractivity contribution is -0.148. The number of carbonyl (C=O) groups excluding carboxylic acids is 3. The summed E-state index contributed by atoms with van der Waals surface area (Å²) in [5.41, 5.74) is 4.30. The summed E-state index contributed by atoms with van der Waals surface area (Å²) < 4.78 is 0. The van der Waals surface area contributed by atoms with Gasteiger partial charge in [-0.3, -0.25) is 24.2 Å². The Kier molecular flexibility index (Phi) is 7.14. The molecule has 0 spiro atoms. The Hall–Kier alpha value is -3.41. The van der Waals surface area contributed by atoms with E-state index in [-0.39, 0.29) is 29.7 Å². The molecule has 43 heavy (non-hydrogen) atoms. The quantitative estimate of drug-likeness (QED) is 0.317. The van der Waals surface area contributed by atoms with Crippen LogP contribution in [0.15, 0.2) is 28.7 Å². The van der Waals surface area contributed by atoms with Crippen molar-refractivity contribution in [2.75, 3.05) is 46.2 Å². The number of aromatic hydroxyl groups is 1. The third kappa shape index (κ3) is 4.30. The third-order valence-corrected chi connectivity index (χ3v) is 10.7. The molecule has 6 N–H and O–H groups in total. The van der Waals surface area contributed by atoms with Gasteiger partial charge in [-0.05, 0) is 74.7 Å². The van der Waals surface area contributed by atoms with Crippen LogP contribution in [0.5, 0.6) is 5.75 Å². The molecule has 1 saturated heterocycles. The zero-order chi connectivity index (χ0) is 31.1. The van der Waals surface area contributed by atoms with Crippen molar-refractivity contribution in [1.29, 1.82) is 0 Å². The molecule has 1 aromatic rings. The molecule has 1 amide bonds. The van der Waals surface area contributed by atoms with E-state index in [2.05, 4.69) is 4.90 Å². The van der Waals surface area contributed by atoms with Gasteiger partial charge in [0, 0.05) is 50.9 Å². The van der Waals surface area contributed by atoms with Crippen LogP contribution in [0.2, 0.25) is 0 Å². The molecule has 232 valence electrons. The van der Waals surface area contributed by atoms with Crippen molar-refractivity contribution in [3.8, 4) is 5.75 Å². The normalized spacial score (nSPS) is 32.5. The number of hydrogen-bond acceptors (Lipinski definition) is 10. The summed E-state index contributed by atoms with van der Waals surface area (Å²) in [6.45, 7) is 2.67. The molecular weight excluding hydrogens is 552 g/mol. The van der Waals surface area contributed by atoms with Crippen molar-refractivity contribution in [2.24, 2.45) is 29.4 Å². The molecule has 5 aliphatic rings. The summed E-state index contributed by atoms with van der Waals surface area (Å²) in [4.78, 5) is 45.8. The molecule has 0 aromatic heterocycles. The number of Topliss-reactive ketones (excluding diaryl/α,β-unsaturated/α-hetero) is 2. The fraction of sp³-hybridized carbons (Fsp3) is 0.594. The second kappa shape index (κ2) is 10.3. The first kappa shape index (κ1) is 29.7. The molecule has 1 heterocycles. The average molecular weight is 595 g/mol. The largest absolute Gasteiger partial charge is 0.510 e. The SMILES string of the molecule is CN(C)c1c(CN2CC3CCCCC3C2)cc(O)c2c1C[C@H]1C[C@H]3[C@H](N(C)C)C(O)=C(C(N)=O)C(=O)[C@@]3(O)C(O)=C1C2=O. The number of amides is 1. The van der Waals surface area contributed by atoms with Gasteiger partial charge in [0.25, 0.3) is 5.91 Å². The Morgan fingerprint density at radius 2 is 1.70 bits per heavy atom. The maximum atomic E-state index is 14.1. The molecule has 2 unspecified atom stereocenters. The van der Waals surface area contributed by atoms with Gasteiger partial charge >= 0.3 is 0 Å². The topological polar surface area (TPSA) is 168 Å². The third-order valence-electron chi connectivity index (χ3n) is 10.7. The number of likely N-dealkylation sites (N-methyl/N-ethyl adjacent to an activating group) is 1. The fourth-order valence-corrected chi connectivity index (χ4v) is 8.92. The van der Waals surface area contributed by atoms with Crippen LogP contribution < -0.4 is 10.6 Å². The standard InChI is InChI=1S/C32H42N4O7/c1-34(2)25-18(14-36-12-15-7-5-6-8-16(15)13-36)11-21(37)23-19(25)9-17-10-20-26(35(3)4)28(39)24(31(33)42)30(41)32(20,43)29(40)22(17)27(23)38/h11,15-17,20,26,37,39-40,43H,5-10,12-14H2,1-4H3,(H2,33,42)/t15?,16?,17-,20-,26-,32-/m0/s1. The Labute approximate surface area is 251 Å². The molecule has 2 fully saturated rings. The van der Waals surface area contributed by atoms with Crippen LogP contribution in [0.3, 0.4) is 0 Å². The van der Waals surface area contributed by atoms with Gasteiger partial charge in [-0.25, -0.2) is 0 Å². The predicted molar refractivity (Wildman–Crippen MR) is 159 cm³/mol. The minimum atomic E-state index is -2.64. The van der Waals surface area contributed by atoms with Crippen molar-refractivity contribution in [2.45, 2.75) is 56.7 Å². The first-order valence-electron chi connectivity index (χ1n) is 15.2. The van der Waals surface area contributed by atoms with Gasteiger partial charge in [-0.15, -0.1) is 0 Å². The van der Waals surface area contributed by atoms with Gasteiger partial charge in [0.2, 0.25) is 5.78 Å². The van der Waals surface area contributed by atoms with Gasteiger partial charge in [-0.2, -0.15) is 0 Å². The summed E-state index contributed by atoms with van der Waals surface area (Å²) in [6, 6.07) is 0.615. The van der Waals surface area contributed by atoms with Crippen LogP contribution in [0.25, 0.3) is 0 Å². The lowest BCUT2D eigenvalue weighted by Crippen LogP contribution is -2.63. The molecule has 11 heteroatoms. The van der Waals surface area contributed by atoms with Crippen molar-refractivity contribution in [3.05, 3.63) is 45.4 Å². The van der Waals surface area contributed by atoms with E-state index in [1.807, 2.05) is 19.0 Å². The van der Waals surface area contributed by atoms with Gasteiger partial charge in [0.15, 0.2) is 11.4 Å². The molecule has 1 aromatic carbocycles. The summed E-state index contributed by atoms with van der Waals surface area (Å²) in [5, 5.41) is 45.6. The van der Waals surface area contributed by atoms with Crippen LogP contribution >= 0.6 is 0 Å². The molecule has 11 nitrogen and oxygen atoms in total. The summed E-state index contributed by atoms with van der Waals surface area (Å²) >= 11 is 0. The first-order valence-corrected chi connectivity index (χ1v) is 15.2. The summed E-state index contributed by atoms with van der Waals surface area (Å²) in [7, 11) is 7.05. The molecular formula is C32H42N4O7. The minimum absolute atomic E-state index is 0.0447. The van der Waals surface area contributed by atoms with Gasteiger partial charge in [-0.1, -0.05) is 12.8 Å². The number of ketones is 2. The number of benzene rings is 1. The Morgan fingerprint density at radius 1 is 1.07 bits per heavy atom. The van der Waals surface area contributed by atoms with Gasteiger partial charge < -0.3 is 31.1 Å². The lowest BCUT2D eigenvalue weighted by Gasteiger charge is -2.50. The highest BCUT2D eigenvalue weighted by Gasteiger charge is 2.63. The van der Waals surface area contributed by atoms with E-state index >= 15 is 0 Å². The molecule has 6 atom stereocenters. The smallest absolute Gasteiger partial charge is 0.255 e. The van der Waals surface area contributed by atoms with Crippen molar-refractivity contribution < 1.29 is 34.8 Å². The maximum absolute atomic E-state index is 14.1. The zero-order valence-electron chi connectivity index (χ0n) is 25.3. The van der Waals surface area contributed by atoms with Crippen LogP contribution in [0.1, 0.15) is 53.6 Å². The van der Waals surface area contributed by atoms with E-state index in [9.17, 15) is 34.8 Å². The molecule has 1 saturated carbocycles. The number of likely N-dealkylation sites (tertiary alicyclic amines) is 1. The number of aliphatic hydroxyl groups excluding tert-OH is 2. The van der Waals surface area contributed by atoms with Crippen LogP contribution in [-0.4, -0.2) is 101 Å². The van der Waals surface area contributed by atoms with E-state index in [4.69, 9.17) is 5.73 Å².